The molecule has 1 aliphatic heterocycles. The molecule has 1 aromatic carbocycles. The maximum Gasteiger partial charge on any atom is 0.0369 e. The molecule has 0 amide bonds. The zero-order valence-corrected chi connectivity index (χ0v) is 12.0. The lowest BCUT2D eigenvalue weighted by molar-refractivity contribution is 0.258. The molecule has 1 saturated heterocycles. The molecule has 18 heavy (non-hydrogen) atoms. The van der Waals surface area contributed by atoms with Crippen LogP contribution < -0.4 is 4.90 Å². The molecule has 0 atom stereocenters. The first-order chi connectivity index (χ1) is 8.70. The Morgan fingerprint density at radius 3 is 2.44 bits per heavy atom. The fourth-order valence-electron chi connectivity index (χ4n) is 2.63. The zero-order chi connectivity index (χ0) is 13.0. The highest BCUT2D eigenvalue weighted by Crippen LogP contribution is 2.22. The van der Waals surface area contributed by atoms with Crippen molar-refractivity contribution in [2.45, 2.75) is 33.1 Å². The van der Waals surface area contributed by atoms with Crippen molar-refractivity contribution >= 4 is 5.69 Å². The number of nitrogens with zero attached hydrogens (tertiary/aromatic N) is 2. The molecule has 0 aromatic heterocycles. The molecule has 0 radical (unpaired) electrons. The standard InChI is InChI=1S/C16H26N2/c1-4-8-17-9-11-18(12-10-17)16-7-5-6-15(13-16)14(2)3/h5-7,13-14H,4,8-12H2,1-3H3. The molecule has 1 aliphatic rings. The van der Waals surface area contributed by atoms with Crippen LogP contribution in [0.2, 0.25) is 0 Å². The second-order valence-electron chi connectivity index (χ2n) is 5.58. The van der Waals surface area contributed by atoms with Gasteiger partial charge in [0.15, 0.2) is 0 Å². The van der Waals surface area contributed by atoms with Crippen LogP contribution in [0.1, 0.15) is 38.7 Å². The van der Waals surface area contributed by atoms with E-state index in [1.54, 1.807) is 0 Å². The van der Waals surface area contributed by atoms with Crippen molar-refractivity contribution in [1.29, 1.82) is 0 Å². The van der Waals surface area contributed by atoms with Crippen LogP contribution >= 0.6 is 0 Å². The number of piperazine rings is 1. The van der Waals surface area contributed by atoms with Crippen LogP contribution in [0.4, 0.5) is 5.69 Å². The Morgan fingerprint density at radius 1 is 1.11 bits per heavy atom. The van der Waals surface area contributed by atoms with E-state index in [0.717, 1.165) is 0 Å². The SMILES string of the molecule is CCCN1CCN(c2cccc(C(C)C)c2)CC1. The van der Waals surface area contributed by atoms with Gasteiger partial charge in [0.1, 0.15) is 0 Å². The van der Waals surface area contributed by atoms with E-state index in [2.05, 4.69) is 54.8 Å². The molecular formula is C16H26N2. The van der Waals surface area contributed by atoms with Crippen LogP contribution in [-0.2, 0) is 0 Å². The van der Waals surface area contributed by atoms with Gasteiger partial charge in [0.2, 0.25) is 0 Å². The first-order valence-corrected chi connectivity index (χ1v) is 7.28. The minimum atomic E-state index is 0.617. The summed E-state index contributed by atoms with van der Waals surface area (Å²) < 4.78 is 0. The molecule has 0 bridgehead atoms. The third kappa shape index (κ3) is 3.26. The van der Waals surface area contributed by atoms with Gasteiger partial charge in [-0.15, -0.1) is 0 Å². The molecule has 2 nitrogen and oxygen atoms in total. The molecule has 2 heteroatoms. The first-order valence-electron chi connectivity index (χ1n) is 7.28. The molecule has 0 N–H and O–H groups in total. The Bertz CT molecular complexity index is 365. The van der Waals surface area contributed by atoms with Gasteiger partial charge < -0.3 is 4.90 Å². The predicted molar refractivity (Wildman–Crippen MR) is 79.5 cm³/mol. The minimum absolute atomic E-state index is 0.617. The van der Waals surface area contributed by atoms with Crippen molar-refractivity contribution in [1.82, 2.24) is 4.90 Å². The molecule has 1 fully saturated rings. The van der Waals surface area contributed by atoms with Gasteiger partial charge in [-0.05, 0) is 36.6 Å². The molecule has 100 valence electrons. The summed E-state index contributed by atoms with van der Waals surface area (Å²) in [7, 11) is 0. The molecule has 2 rings (SSSR count). The second kappa shape index (κ2) is 6.24. The summed E-state index contributed by atoms with van der Waals surface area (Å²) >= 11 is 0. The summed E-state index contributed by atoms with van der Waals surface area (Å²) in [6, 6.07) is 9.05. The lowest BCUT2D eigenvalue weighted by Gasteiger charge is -2.36. The van der Waals surface area contributed by atoms with E-state index in [4.69, 9.17) is 0 Å². The van der Waals surface area contributed by atoms with Crippen molar-refractivity contribution in [3.8, 4) is 0 Å². The minimum Gasteiger partial charge on any atom is -0.369 e. The fraction of sp³-hybridized carbons (Fsp3) is 0.625. The third-order valence-electron chi connectivity index (χ3n) is 3.81. The van der Waals surface area contributed by atoms with Crippen molar-refractivity contribution in [2.24, 2.45) is 0 Å². The van der Waals surface area contributed by atoms with Gasteiger partial charge in [0.25, 0.3) is 0 Å². The number of rotatable bonds is 4. The summed E-state index contributed by atoms with van der Waals surface area (Å²) in [5.74, 6) is 0.617. The van der Waals surface area contributed by atoms with Crippen LogP contribution in [0.25, 0.3) is 0 Å². The first kappa shape index (κ1) is 13.4. The van der Waals surface area contributed by atoms with Gasteiger partial charge in [0, 0.05) is 31.9 Å². The summed E-state index contributed by atoms with van der Waals surface area (Å²) in [6.07, 6.45) is 1.27. The zero-order valence-electron chi connectivity index (χ0n) is 12.0. The number of benzene rings is 1. The number of hydrogen-bond donors (Lipinski definition) is 0. The Hall–Kier alpha value is -1.02. The third-order valence-corrected chi connectivity index (χ3v) is 3.81. The molecular weight excluding hydrogens is 220 g/mol. The van der Waals surface area contributed by atoms with E-state index >= 15 is 0 Å². The highest BCUT2D eigenvalue weighted by Gasteiger charge is 2.16. The Morgan fingerprint density at radius 2 is 1.83 bits per heavy atom. The summed E-state index contributed by atoms with van der Waals surface area (Å²) in [5, 5.41) is 0. The van der Waals surface area contributed by atoms with Crippen molar-refractivity contribution in [2.75, 3.05) is 37.6 Å². The molecule has 0 saturated carbocycles. The van der Waals surface area contributed by atoms with E-state index in [1.165, 1.54) is 50.4 Å². The monoisotopic (exact) mass is 246 g/mol. The van der Waals surface area contributed by atoms with Crippen LogP contribution in [0, 0.1) is 0 Å². The van der Waals surface area contributed by atoms with Gasteiger partial charge in [-0.1, -0.05) is 32.9 Å². The summed E-state index contributed by atoms with van der Waals surface area (Å²) in [4.78, 5) is 5.10. The van der Waals surface area contributed by atoms with Crippen LogP contribution in [0.5, 0.6) is 0 Å². The molecule has 0 aliphatic carbocycles. The largest absolute Gasteiger partial charge is 0.369 e. The van der Waals surface area contributed by atoms with E-state index in [9.17, 15) is 0 Å². The van der Waals surface area contributed by atoms with E-state index < -0.39 is 0 Å². The summed E-state index contributed by atoms with van der Waals surface area (Å²) in [5.41, 5.74) is 2.85. The summed E-state index contributed by atoms with van der Waals surface area (Å²) in [6.45, 7) is 12.8. The van der Waals surface area contributed by atoms with Crippen molar-refractivity contribution < 1.29 is 0 Å². The van der Waals surface area contributed by atoms with E-state index in [0.29, 0.717) is 5.92 Å². The number of hydrogen-bond acceptors (Lipinski definition) is 2. The van der Waals surface area contributed by atoms with Crippen molar-refractivity contribution in [3.05, 3.63) is 29.8 Å². The fourth-order valence-corrected chi connectivity index (χ4v) is 2.63. The molecule has 0 spiro atoms. The number of anilines is 1. The van der Waals surface area contributed by atoms with Gasteiger partial charge in [-0.3, -0.25) is 4.90 Å². The van der Waals surface area contributed by atoms with Gasteiger partial charge in [-0.2, -0.15) is 0 Å². The molecule has 1 aromatic rings. The van der Waals surface area contributed by atoms with Crippen LogP contribution in [-0.4, -0.2) is 37.6 Å². The average molecular weight is 246 g/mol. The predicted octanol–water partition coefficient (Wildman–Crippen LogP) is 3.34. The lowest BCUT2D eigenvalue weighted by Crippen LogP contribution is -2.46. The van der Waals surface area contributed by atoms with Crippen LogP contribution in [0.15, 0.2) is 24.3 Å². The van der Waals surface area contributed by atoms with Gasteiger partial charge in [0.05, 0.1) is 0 Å². The maximum atomic E-state index is 2.57. The highest BCUT2D eigenvalue weighted by atomic mass is 15.3. The van der Waals surface area contributed by atoms with Crippen LogP contribution in [0.3, 0.4) is 0 Å². The Labute approximate surface area is 112 Å². The molecule has 0 unspecified atom stereocenters. The normalized spacial score (nSPS) is 17.4. The lowest BCUT2D eigenvalue weighted by atomic mass is 10.0. The van der Waals surface area contributed by atoms with Crippen molar-refractivity contribution in [3.63, 3.8) is 0 Å². The van der Waals surface area contributed by atoms with E-state index in [-0.39, 0.29) is 0 Å². The second-order valence-corrected chi connectivity index (χ2v) is 5.58. The van der Waals surface area contributed by atoms with E-state index in [1.807, 2.05) is 0 Å². The quantitative estimate of drug-likeness (QED) is 0.804. The smallest absolute Gasteiger partial charge is 0.0369 e. The average Bonchev–Trinajstić information content (AvgIpc) is 2.40. The topological polar surface area (TPSA) is 6.48 Å². The highest BCUT2D eigenvalue weighted by molar-refractivity contribution is 5.49. The molecule has 1 heterocycles. The van der Waals surface area contributed by atoms with Gasteiger partial charge in [-0.25, -0.2) is 0 Å². The maximum absolute atomic E-state index is 2.57. The Kier molecular flexibility index (Phi) is 4.65. The van der Waals surface area contributed by atoms with Gasteiger partial charge >= 0.3 is 0 Å². The Balaban J connectivity index is 1.98.